The van der Waals surface area contributed by atoms with E-state index in [0.717, 1.165) is 4.52 Å². The fraction of sp³-hybridized carbons (Fsp3) is 0.333. The SMILES string of the molecule is CCc1nc2cccnn2c1OC(F)(F)F. The van der Waals surface area contributed by atoms with E-state index in [1.165, 1.54) is 6.20 Å². The van der Waals surface area contributed by atoms with Gasteiger partial charge in [0.15, 0.2) is 5.65 Å². The van der Waals surface area contributed by atoms with Crippen LogP contribution in [0.1, 0.15) is 12.6 Å². The molecule has 0 radical (unpaired) electrons. The predicted octanol–water partition coefficient (Wildman–Crippen LogP) is 2.19. The summed E-state index contributed by atoms with van der Waals surface area (Å²) in [5.41, 5.74) is 0.564. The second kappa shape index (κ2) is 3.66. The van der Waals surface area contributed by atoms with Crippen LogP contribution < -0.4 is 4.74 Å². The van der Waals surface area contributed by atoms with Gasteiger partial charge in [0.25, 0.3) is 0 Å². The van der Waals surface area contributed by atoms with Crippen molar-refractivity contribution in [2.24, 2.45) is 0 Å². The number of rotatable bonds is 2. The number of nitrogens with zero attached hydrogens (tertiary/aromatic N) is 3. The summed E-state index contributed by atoms with van der Waals surface area (Å²) in [6, 6.07) is 3.16. The van der Waals surface area contributed by atoms with Crippen molar-refractivity contribution in [2.45, 2.75) is 19.7 Å². The molecule has 0 aliphatic carbocycles. The van der Waals surface area contributed by atoms with E-state index in [1.54, 1.807) is 19.1 Å². The molecule has 0 aromatic carbocycles. The number of aromatic nitrogens is 3. The van der Waals surface area contributed by atoms with Crippen molar-refractivity contribution < 1.29 is 17.9 Å². The number of imidazole rings is 1. The Balaban J connectivity index is 2.56. The van der Waals surface area contributed by atoms with Gasteiger partial charge in [-0.2, -0.15) is 9.61 Å². The van der Waals surface area contributed by atoms with E-state index in [4.69, 9.17) is 0 Å². The summed E-state index contributed by atoms with van der Waals surface area (Å²) in [6.07, 6.45) is -3.02. The van der Waals surface area contributed by atoms with Gasteiger partial charge < -0.3 is 4.74 Å². The van der Waals surface area contributed by atoms with Crippen molar-refractivity contribution in [1.29, 1.82) is 0 Å². The van der Waals surface area contributed by atoms with E-state index >= 15 is 0 Å². The van der Waals surface area contributed by atoms with Crippen molar-refractivity contribution >= 4 is 5.65 Å². The molecular weight excluding hydrogens is 223 g/mol. The Kier molecular flexibility index (Phi) is 2.45. The third kappa shape index (κ3) is 1.93. The van der Waals surface area contributed by atoms with Gasteiger partial charge in [-0.25, -0.2) is 4.98 Å². The quantitative estimate of drug-likeness (QED) is 0.795. The molecular formula is C9H8F3N3O. The van der Waals surface area contributed by atoms with Crippen molar-refractivity contribution in [3.05, 3.63) is 24.0 Å². The number of alkyl halides is 3. The van der Waals surface area contributed by atoms with Crippen molar-refractivity contribution in [3.8, 4) is 5.88 Å². The van der Waals surface area contributed by atoms with Crippen LogP contribution in [0.15, 0.2) is 18.3 Å². The molecule has 0 unspecified atom stereocenters. The molecule has 0 amide bonds. The summed E-state index contributed by atoms with van der Waals surface area (Å²) < 4.78 is 41.5. The molecule has 0 N–H and O–H groups in total. The first-order chi connectivity index (χ1) is 7.51. The molecule has 0 aliphatic heterocycles. The topological polar surface area (TPSA) is 39.4 Å². The predicted molar refractivity (Wildman–Crippen MR) is 49.0 cm³/mol. The van der Waals surface area contributed by atoms with E-state index in [2.05, 4.69) is 14.8 Å². The zero-order valence-corrected chi connectivity index (χ0v) is 8.32. The third-order valence-electron chi connectivity index (χ3n) is 1.97. The van der Waals surface area contributed by atoms with Gasteiger partial charge in [-0.1, -0.05) is 6.92 Å². The first-order valence-electron chi connectivity index (χ1n) is 4.59. The first-order valence-corrected chi connectivity index (χ1v) is 4.59. The zero-order valence-electron chi connectivity index (χ0n) is 8.32. The minimum atomic E-state index is -4.74. The van der Waals surface area contributed by atoms with Gasteiger partial charge >= 0.3 is 6.36 Å². The summed E-state index contributed by atoms with van der Waals surface area (Å²) >= 11 is 0. The molecule has 0 fully saturated rings. The van der Waals surface area contributed by atoms with E-state index in [-0.39, 0.29) is 11.6 Å². The molecule has 0 aliphatic rings. The molecule has 0 bridgehead atoms. The summed E-state index contributed by atoms with van der Waals surface area (Å²) in [6.45, 7) is 1.70. The maximum absolute atomic E-state index is 12.2. The first kappa shape index (κ1) is 10.7. The average molecular weight is 231 g/mol. The number of halogens is 3. The number of hydrogen-bond acceptors (Lipinski definition) is 3. The van der Waals surface area contributed by atoms with E-state index in [1.807, 2.05) is 0 Å². The van der Waals surface area contributed by atoms with Gasteiger partial charge in [0.05, 0.1) is 0 Å². The van der Waals surface area contributed by atoms with Gasteiger partial charge in [-0.15, -0.1) is 13.2 Å². The molecule has 86 valence electrons. The van der Waals surface area contributed by atoms with Gasteiger partial charge in [0.1, 0.15) is 5.69 Å². The standard InChI is InChI=1S/C9H8F3N3O/c1-2-6-8(16-9(10,11)12)15-7(14-6)4-3-5-13-15/h3-5H,2H2,1H3. The second-order valence-electron chi connectivity index (χ2n) is 3.06. The lowest BCUT2D eigenvalue weighted by Gasteiger charge is -2.08. The highest BCUT2D eigenvalue weighted by molar-refractivity contribution is 5.43. The summed E-state index contributed by atoms with van der Waals surface area (Å²) in [7, 11) is 0. The molecule has 2 rings (SSSR count). The van der Waals surface area contributed by atoms with Gasteiger partial charge in [-0.05, 0) is 18.6 Å². The molecule has 0 saturated carbocycles. The molecule has 16 heavy (non-hydrogen) atoms. The molecule has 0 atom stereocenters. The van der Waals surface area contributed by atoms with Crippen molar-refractivity contribution in [2.75, 3.05) is 0 Å². The highest BCUT2D eigenvalue weighted by Crippen LogP contribution is 2.26. The van der Waals surface area contributed by atoms with E-state index in [0.29, 0.717) is 12.1 Å². The van der Waals surface area contributed by atoms with Crippen LogP contribution in [0.25, 0.3) is 5.65 Å². The van der Waals surface area contributed by atoms with Gasteiger partial charge in [0, 0.05) is 6.20 Å². The maximum Gasteiger partial charge on any atom is 0.574 e. The molecule has 2 aromatic rings. The summed E-state index contributed by atoms with van der Waals surface area (Å²) in [4.78, 5) is 3.99. The van der Waals surface area contributed by atoms with Crippen LogP contribution in [0.3, 0.4) is 0 Å². The fourth-order valence-corrected chi connectivity index (χ4v) is 1.36. The number of ether oxygens (including phenoxy) is 1. The zero-order chi connectivity index (χ0) is 11.8. The highest BCUT2D eigenvalue weighted by atomic mass is 19.4. The Labute approximate surface area is 88.7 Å². The van der Waals surface area contributed by atoms with Crippen LogP contribution in [-0.4, -0.2) is 21.0 Å². The monoisotopic (exact) mass is 231 g/mol. The van der Waals surface area contributed by atoms with Crippen LogP contribution in [-0.2, 0) is 6.42 Å². The Morgan fingerprint density at radius 1 is 1.44 bits per heavy atom. The normalized spacial score (nSPS) is 12.0. The molecule has 7 heteroatoms. The number of hydrogen-bond donors (Lipinski definition) is 0. The van der Waals surface area contributed by atoms with Crippen LogP contribution in [0.4, 0.5) is 13.2 Å². The molecule has 4 nitrogen and oxygen atoms in total. The van der Waals surface area contributed by atoms with E-state index in [9.17, 15) is 13.2 Å². The lowest BCUT2D eigenvalue weighted by atomic mass is 10.4. The van der Waals surface area contributed by atoms with E-state index < -0.39 is 6.36 Å². The largest absolute Gasteiger partial charge is 0.574 e. The minimum absolute atomic E-state index is 0.232. The molecule has 0 saturated heterocycles. The number of fused-ring (bicyclic) bond motifs is 1. The lowest BCUT2D eigenvalue weighted by molar-refractivity contribution is -0.276. The Morgan fingerprint density at radius 2 is 2.19 bits per heavy atom. The van der Waals surface area contributed by atoms with Crippen LogP contribution in [0.5, 0.6) is 5.88 Å². The number of aryl methyl sites for hydroxylation is 1. The van der Waals surface area contributed by atoms with Crippen LogP contribution in [0.2, 0.25) is 0 Å². The Bertz CT molecular complexity index is 506. The smallest absolute Gasteiger partial charge is 0.386 e. The summed E-state index contributed by atoms with van der Waals surface area (Å²) in [5.74, 6) is -0.370. The van der Waals surface area contributed by atoms with Gasteiger partial charge in [0.2, 0.25) is 5.88 Å². The van der Waals surface area contributed by atoms with Crippen LogP contribution >= 0.6 is 0 Å². The fourth-order valence-electron chi connectivity index (χ4n) is 1.36. The Morgan fingerprint density at radius 3 is 2.81 bits per heavy atom. The van der Waals surface area contributed by atoms with Crippen molar-refractivity contribution in [1.82, 2.24) is 14.6 Å². The summed E-state index contributed by atoms with van der Waals surface area (Å²) in [5, 5.41) is 3.76. The molecule has 0 spiro atoms. The maximum atomic E-state index is 12.2. The second-order valence-corrected chi connectivity index (χ2v) is 3.06. The minimum Gasteiger partial charge on any atom is -0.386 e. The lowest BCUT2D eigenvalue weighted by Crippen LogP contribution is -2.19. The molecule has 2 heterocycles. The average Bonchev–Trinajstić information content (AvgIpc) is 2.55. The third-order valence-corrected chi connectivity index (χ3v) is 1.97. The van der Waals surface area contributed by atoms with Crippen molar-refractivity contribution in [3.63, 3.8) is 0 Å². The van der Waals surface area contributed by atoms with Gasteiger partial charge in [-0.3, -0.25) is 0 Å². The Hall–Kier alpha value is -1.79. The molecule has 2 aromatic heterocycles. The highest BCUT2D eigenvalue weighted by Gasteiger charge is 2.34. The van der Waals surface area contributed by atoms with Crippen LogP contribution in [0, 0.1) is 0 Å².